The van der Waals surface area contributed by atoms with Gasteiger partial charge in [-0.3, -0.25) is 0 Å². The van der Waals surface area contributed by atoms with E-state index in [9.17, 15) is 4.79 Å². The van der Waals surface area contributed by atoms with E-state index in [1.165, 1.54) is 4.58 Å². The molecule has 0 aromatic heterocycles. The summed E-state index contributed by atoms with van der Waals surface area (Å²) in [5.74, 6) is 0. The van der Waals surface area contributed by atoms with Crippen LogP contribution in [-0.2, 0) is 0 Å². The summed E-state index contributed by atoms with van der Waals surface area (Å²) in [7, 11) is 1.59. The maximum absolute atomic E-state index is 11.3. The lowest BCUT2D eigenvalue weighted by Crippen LogP contribution is -2.21. The third-order valence-corrected chi connectivity index (χ3v) is 2.38. The van der Waals surface area contributed by atoms with Crippen molar-refractivity contribution in [3.8, 4) is 0 Å². The van der Waals surface area contributed by atoms with Crippen LogP contribution in [0.5, 0.6) is 0 Å². The van der Waals surface area contributed by atoms with Gasteiger partial charge in [0.15, 0.2) is 0 Å². The van der Waals surface area contributed by atoms with E-state index in [2.05, 4.69) is 12.0 Å². The van der Waals surface area contributed by atoms with Crippen LogP contribution in [0.3, 0.4) is 0 Å². The minimum atomic E-state index is -0.243. The molecule has 86 valence electrons. The second kappa shape index (κ2) is 5.42. The zero-order valence-electron chi connectivity index (χ0n) is 9.73. The first-order valence-corrected chi connectivity index (χ1v) is 5.25. The van der Waals surface area contributed by atoms with Gasteiger partial charge in [0.1, 0.15) is 5.69 Å². The molecule has 1 aromatic rings. The van der Waals surface area contributed by atoms with Crippen LogP contribution in [0.15, 0.2) is 24.3 Å². The standard InChI is InChI=1S/C12H17N3O/c1-4-11(13)9-5-7-10(8-6-9)14-12(16)15(2)3/h5-8,11H,2,4,13H2,1,3H3/p+1. The lowest BCUT2D eigenvalue weighted by atomic mass is 10.1. The lowest BCUT2D eigenvalue weighted by Gasteiger charge is -2.08. The number of carbonyl (C=O) groups excluding carboxylic acids is 1. The number of benzene rings is 1. The highest BCUT2D eigenvalue weighted by molar-refractivity contribution is 5.83. The molecule has 1 aromatic carbocycles. The largest absolute Gasteiger partial charge is 0.495 e. The number of nitrogens with zero attached hydrogens (tertiary/aromatic N) is 1. The number of rotatable bonds is 3. The Kier molecular flexibility index (Phi) is 4.19. The fourth-order valence-electron chi connectivity index (χ4n) is 1.27. The summed E-state index contributed by atoms with van der Waals surface area (Å²) >= 11 is 0. The van der Waals surface area contributed by atoms with E-state index in [1.54, 1.807) is 7.05 Å². The van der Waals surface area contributed by atoms with Gasteiger partial charge < -0.3 is 5.73 Å². The molecule has 1 rings (SSSR count). The molecule has 0 aliphatic heterocycles. The van der Waals surface area contributed by atoms with Gasteiger partial charge in [0.2, 0.25) is 0 Å². The third kappa shape index (κ3) is 3.17. The smallest absolute Gasteiger partial charge is 0.324 e. The molecule has 4 heteroatoms. The van der Waals surface area contributed by atoms with Crippen LogP contribution in [0.2, 0.25) is 0 Å². The summed E-state index contributed by atoms with van der Waals surface area (Å²) in [6.07, 6.45) is 0.896. The van der Waals surface area contributed by atoms with Gasteiger partial charge in [0.05, 0.1) is 13.8 Å². The molecule has 0 fully saturated rings. The fraction of sp³-hybridized carbons (Fsp3) is 0.333. The minimum Gasteiger partial charge on any atom is -0.324 e. The predicted molar refractivity (Wildman–Crippen MR) is 66.0 cm³/mol. The van der Waals surface area contributed by atoms with Crippen LogP contribution in [0, 0.1) is 0 Å². The maximum atomic E-state index is 11.3. The van der Waals surface area contributed by atoms with Crippen molar-refractivity contribution in [2.75, 3.05) is 12.4 Å². The van der Waals surface area contributed by atoms with Crippen LogP contribution in [0.4, 0.5) is 10.5 Å². The van der Waals surface area contributed by atoms with Crippen LogP contribution in [-0.4, -0.2) is 24.4 Å². The molecule has 0 heterocycles. The zero-order chi connectivity index (χ0) is 12.1. The Morgan fingerprint density at radius 2 is 2.06 bits per heavy atom. The molecule has 2 amide bonds. The first kappa shape index (κ1) is 12.4. The van der Waals surface area contributed by atoms with E-state index in [-0.39, 0.29) is 12.1 Å². The second-order valence-electron chi connectivity index (χ2n) is 3.76. The molecule has 0 aliphatic carbocycles. The summed E-state index contributed by atoms with van der Waals surface area (Å²) in [6.45, 7) is 5.53. The average Bonchev–Trinajstić information content (AvgIpc) is 2.28. The van der Waals surface area contributed by atoms with E-state index < -0.39 is 0 Å². The molecule has 0 saturated heterocycles. The summed E-state index contributed by atoms with van der Waals surface area (Å²) in [5.41, 5.74) is 7.70. The zero-order valence-corrected chi connectivity index (χ0v) is 9.73. The number of urea groups is 1. The number of nitrogens with one attached hydrogen (secondary N) is 1. The van der Waals surface area contributed by atoms with Crippen LogP contribution < -0.4 is 11.1 Å². The van der Waals surface area contributed by atoms with Gasteiger partial charge in [0, 0.05) is 6.04 Å². The Morgan fingerprint density at radius 3 is 2.50 bits per heavy atom. The summed E-state index contributed by atoms with van der Waals surface area (Å²) in [5, 5.41) is 2.71. The first-order chi connectivity index (χ1) is 7.54. The molecular weight excluding hydrogens is 202 g/mol. The van der Waals surface area contributed by atoms with Gasteiger partial charge in [-0.1, -0.05) is 19.1 Å². The number of hydrogen-bond acceptors (Lipinski definition) is 2. The Labute approximate surface area is 95.8 Å². The van der Waals surface area contributed by atoms with E-state index in [0.29, 0.717) is 0 Å². The normalized spacial score (nSPS) is 11.9. The Bertz CT molecular complexity index is 384. The maximum Gasteiger partial charge on any atom is 0.495 e. The summed E-state index contributed by atoms with van der Waals surface area (Å²) in [6, 6.07) is 7.34. The number of carbonyl (C=O) groups is 1. The Morgan fingerprint density at radius 1 is 1.50 bits per heavy atom. The van der Waals surface area contributed by atoms with Crippen molar-refractivity contribution in [1.82, 2.24) is 0 Å². The highest BCUT2D eigenvalue weighted by Gasteiger charge is 2.10. The quantitative estimate of drug-likeness (QED) is 0.604. The monoisotopic (exact) mass is 220 g/mol. The molecule has 1 atom stereocenters. The molecule has 1 unspecified atom stereocenters. The van der Waals surface area contributed by atoms with Crippen LogP contribution >= 0.6 is 0 Å². The van der Waals surface area contributed by atoms with Crippen molar-refractivity contribution >= 4 is 18.4 Å². The summed E-state index contributed by atoms with van der Waals surface area (Å²) in [4.78, 5) is 11.3. The van der Waals surface area contributed by atoms with Gasteiger partial charge in [-0.2, -0.15) is 4.79 Å². The van der Waals surface area contributed by atoms with E-state index in [4.69, 9.17) is 5.73 Å². The van der Waals surface area contributed by atoms with Crippen molar-refractivity contribution in [1.29, 1.82) is 0 Å². The number of anilines is 1. The molecular formula is C12H18N3O+. The first-order valence-electron chi connectivity index (χ1n) is 5.25. The third-order valence-electron chi connectivity index (χ3n) is 2.38. The molecule has 4 nitrogen and oxygen atoms in total. The average molecular weight is 220 g/mol. The second-order valence-corrected chi connectivity index (χ2v) is 3.76. The van der Waals surface area contributed by atoms with Crippen LogP contribution in [0.25, 0.3) is 0 Å². The van der Waals surface area contributed by atoms with Gasteiger partial charge in [-0.15, -0.1) is 0 Å². The van der Waals surface area contributed by atoms with Crippen LogP contribution in [0.1, 0.15) is 24.9 Å². The van der Waals surface area contributed by atoms with Crippen molar-refractivity contribution in [2.45, 2.75) is 19.4 Å². The minimum absolute atomic E-state index is 0.0558. The molecule has 0 spiro atoms. The molecule has 0 aliphatic rings. The molecule has 16 heavy (non-hydrogen) atoms. The van der Waals surface area contributed by atoms with Gasteiger partial charge in [-0.05, 0) is 24.1 Å². The SMILES string of the molecule is C=[N+](C)C(=O)Nc1ccc(C(N)CC)cc1. The molecule has 0 radical (unpaired) electrons. The molecule has 3 N–H and O–H groups in total. The number of nitrogens with two attached hydrogens (primary N) is 1. The summed E-state index contributed by atoms with van der Waals surface area (Å²) < 4.78 is 1.24. The highest BCUT2D eigenvalue weighted by Crippen LogP contribution is 2.16. The Hall–Kier alpha value is -1.68. The topological polar surface area (TPSA) is 58.1 Å². The van der Waals surface area contributed by atoms with Crippen molar-refractivity contribution < 1.29 is 9.37 Å². The van der Waals surface area contributed by atoms with Gasteiger partial charge in [0.25, 0.3) is 0 Å². The van der Waals surface area contributed by atoms with E-state index in [1.807, 2.05) is 31.2 Å². The molecule has 0 bridgehead atoms. The van der Waals surface area contributed by atoms with E-state index in [0.717, 1.165) is 17.7 Å². The fourth-order valence-corrected chi connectivity index (χ4v) is 1.27. The van der Waals surface area contributed by atoms with Crippen molar-refractivity contribution in [3.63, 3.8) is 0 Å². The predicted octanol–water partition coefficient (Wildman–Crippen LogP) is 1.97. The Balaban J connectivity index is 2.72. The molecule has 0 saturated carbocycles. The number of hydrogen-bond donors (Lipinski definition) is 2. The highest BCUT2D eigenvalue weighted by atomic mass is 16.2. The van der Waals surface area contributed by atoms with Crippen molar-refractivity contribution in [3.05, 3.63) is 29.8 Å². The lowest BCUT2D eigenvalue weighted by molar-refractivity contribution is -0.378. The van der Waals surface area contributed by atoms with Gasteiger partial charge in [-0.25, -0.2) is 9.89 Å². The van der Waals surface area contributed by atoms with E-state index >= 15 is 0 Å². The number of amides is 2. The van der Waals surface area contributed by atoms with Crippen molar-refractivity contribution in [2.24, 2.45) is 5.73 Å². The van der Waals surface area contributed by atoms with Gasteiger partial charge >= 0.3 is 6.03 Å².